The summed E-state index contributed by atoms with van der Waals surface area (Å²) >= 11 is 0. The van der Waals surface area contributed by atoms with Gasteiger partial charge in [0.2, 0.25) is 0 Å². The van der Waals surface area contributed by atoms with Crippen LogP contribution in [0.1, 0.15) is 31.2 Å². The van der Waals surface area contributed by atoms with Crippen molar-refractivity contribution in [3.63, 3.8) is 0 Å². The first-order valence-electron chi connectivity index (χ1n) is 7.02. The van der Waals surface area contributed by atoms with Crippen LogP contribution in [0.5, 0.6) is 0 Å². The van der Waals surface area contributed by atoms with Crippen molar-refractivity contribution in [1.29, 1.82) is 0 Å². The van der Waals surface area contributed by atoms with Crippen molar-refractivity contribution < 1.29 is 9.90 Å². The molecule has 0 spiro atoms. The molecule has 0 unspecified atom stereocenters. The van der Waals surface area contributed by atoms with E-state index in [4.69, 9.17) is 5.11 Å². The molecule has 1 fully saturated rings. The van der Waals surface area contributed by atoms with Gasteiger partial charge in [-0.1, -0.05) is 18.9 Å². The average molecular weight is 257 g/mol. The quantitative estimate of drug-likeness (QED) is 0.911. The van der Waals surface area contributed by atoms with Crippen molar-refractivity contribution in [2.45, 2.75) is 38.6 Å². The summed E-state index contributed by atoms with van der Waals surface area (Å²) in [5, 5.41) is 9.98. The largest absolute Gasteiger partial charge is 0.481 e. The molecule has 3 rings (SSSR count). The molecule has 1 aromatic carbocycles. The van der Waals surface area contributed by atoms with E-state index >= 15 is 0 Å². The Bertz CT molecular complexity index is 594. The second kappa shape index (κ2) is 5.08. The molecule has 0 atom stereocenters. The smallest absolute Gasteiger partial charge is 0.307 e. The second-order valence-corrected chi connectivity index (χ2v) is 5.58. The molecule has 0 saturated heterocycles. The molecule has 19 heavy (non-hydrogen) atoms. The van der Waals surface area contributed by atoms with Gasteiger partial charge < -0.3 is 9.67 Å². The summed E-state index contributed by atoms with van der Waals surface area (Å²) in [5.41, 5.74) is 2.10. The number of carboxylic acid groups (broad SMARTS) is 1. The highest BCUT2D eigenvalue weighted by Gasteiger charge is 2.16. The molecule has 1 saturated carbocycles. The van der Waals surface area contributed by atoms with Gasteiger partial charge in [0, 0.05) is 18.3 Å². The van der Waals surface area contributed by atoms with Crippen molar-refractivity contribution in [3.05, 3.63) is 36.0 Å². The summed E-state index contributed by atoms with van der Waals surface area (Å²) in [6, 6.07) is 8.08. The minimum absolute atomic E-state index is 0.101. The van der Waals surface area contributed by atoms with Gasteiger partial charge in [0.15, 0.2) is 0 Å². The van der Waals surface area contributed by atoms with Crippen molar-refractivity contribution in [3.8, 4) is 0 Å². The molecule has 3 nitrogen and oxygen atoms in total. The fourth-order valence-electron chi connectivity index (χ4n) is 3.16. The highest BCUT2D eigenvalue weighted by molar-refractivity contribution is 5.82. The van der Waals surface area contributed by atoms with E-state index in [1.165, 1.54) is 31.2 Å². The van der Waals surface area contributed by atoms with Crippen LogP contribution in [0, 0.1) is 5.92 Å². The molecule has 100 valence electrons. The van der Waals surface area contributed by atoms with Crippen LogP contribution in [-0.2, 0) is 17.8 Å². The Morgan fingerprint density at radius 2 is 2.05 bits per heavy atom. The van der Waals surface area contributed by atoms with E-state index in [1.54, 1.807) is 0 Å². The van der Waals surface area contributed by atoms with Crippen LogP contribution in [0.15, 0.2) is 30.5 Å². The zero-order chi connectivity index (χ0) is 13.2. The van der Waals surface area contributed by atoms with E-state index in [2.05, 4.69) is 22.9 Å². The summed E-state index contributed by atoms with van der Waals surface area (Å²) in [5.74, 6) is 0.0408. The standard InChI is InChI=1S/C16H19NO2/c18-16(19)10-13-5-6-15-14(9-13)7-8-17(15)11-12-3-1-2-4-12/h5-9,12H,1-4,10-11H2,(H,18,19). The van der Waals surface area contributed by atoms with Gasteiger partial charge in [-0.25, -0.2) is 0 Å². The molecule has 0 radical (unpaired) electrons. The Labute approximate surface area is 112 Å². The van der Waals surface area contributed by atoms with Gasteiger partial charge in [-0.2, -0.15) is 0 Å². The van der Waals surface area contributed by atoms with Crippen LogP contribution in [0.4, 0.5) is 0 Å². The third kappa shape index (κ3) is 2.65. The fourth-order valence-corrected chi connectivity index (χ4v) is 3.16. The minimum atomic E-state index is -0.773. The number of aliphatic carboxylic acids is 1. The lowest BCUT2D eigenvalue weighted by molar-refractivity contribution is -0.136. The van der Waals surface area contributed by atoms with E-state index in [-0.39, 0.29) is 6.42 Å². The SMILES string of the molecule is O=C(O)Cc1ccc2c(ccn2CC2CCCC2)c1. The minimum Gasteiger partial charge on any atom is -0.481 e. The molecule has 0 bridgehead atoms. The maximum Gasteiger partial charge on any atom is 0.307 e. The van der Waals surface area contributed by atoms with Crippen LogP contribution in [0.2, 0.25) is 0 Å². The summed E-state index contributed by atoms with van der Waals surface area (Å²) in [4.78, 5) is 10.7. The Kier molecular flexibility index (Phi) is 3.28. The van der Waals surface area contributed by atoms with Gasteiger partial charge in [-0.15, -0.1) is 0 Å². The van der Waals surface area contributed by atoms with Crippen molar-refractivity contribution in [2.24, 2.45) is 5.92 Å². The maximum atomic E-state index is 10.7. The first kappa shape index (κ1) is 12.3. The predicted octanol–water partition coefficient (Wildman–Crippen LogP) is 3.46. The van der Waals surface area contributed by atoms with Gasteiger partial charge in [-0.3, -0.25) is 4.79 Å². The normalized spacial score (nSPS) is 16.2. The summed E-state index contributed by atoms with van der Waals surface area (Å²) in [7, 11) is 0. The molecule has 1 aliphatic rings. The summed E-state index contributed by atoms with van der Waals surface area (Å²) in [6.07, 6.45) is 7.66. The summed E-state index contributed by atoms with van der Waals surface area (Å²) < 4.78 is 2.32. The number of aromatic nitrogens is 1. The van der Waals surface area contributed by atoms with Crippen molar-refractivity contribution >= 4 is 16.9 Å². The molecule has 1 N–H and O–H groups in total. The molecule has 3 heteroatoms. The first-order chi connectivity index (χ1) is 9.22. The number of carboxylic acids is 1. The highest BCUT2D eigenvalue weighted by atomic mass is 16.4. The highest BCUT2D eigenvalue weighted by Crippen LogP contribution is 2.28. The van der Waals surface area contributed by atoms with Crippen LogP contribution in [0.25, 0.3) is 10.9 Å². The van der Waals surface area contributed by atoms with Crippen molar-refractivity contribution in [1.82, 2.24) is 4.57 Å². The molecule has 1 heterocycles. The zero-order valence-corrected chi connectivity index (χ0v) is 11.0. The number of benzene rings is 1. The van der Waals surface area contributed by atoms with E-state index in [1.807, 2.05) is 12.1 Å². The number of hydrogen-bond acceptors (Lipinski definition) is 1. The van der Waals surface area contributed by atoms with Gasteiger partial charge in [0.05, 0.1) is 6.42 Å². The Balaban J connectivity index is 1.84. The number of nitrogens with zero attached hydrogens (tertiary/aromatic N) is 1. The van der Waals surface area contributed by atoms with Gasteiger partial charge in [0.25, 0.3) is 0 Å². The fraction of sp³-hybridized carbons (Fsp3) is 0.438. The number of hydrogen-bond donors (Lipinski definition) is 1. The van der Waals surface area contributed by atoms with Crippen LogP contribution < -0.4 is 0 Å². The second-order valence-electron chi connectivity index (χ2n) is 5.58. The zero-order valence-electron chi connectivity index (χ0n) is 11.0. The third-order valence-corrected chi connectivity index (χ3v) is 4.12. The molecular formula is C16H19NO2. The average Bonchev–Trinajstić information content (AvgIpc) is 2.99. The topological polar surface area (TPSA) is 42.2 Å². The Hall–Kier alpha value is -1.77. The molecular weight excluding hydrogens is 238 g/mol. The van der Waals surface area contributed by atoms with Gasteiger partial charge in [-0.05, 0) is 47.9 Å². The van der Waals surface area contributed by atoms with E-state index in [0.29, 0.717) is 0 Å². The third-order valence-electron chi connectivity index (χ3n) is 4.12. The van der Waals surface area contributed by atoms with Gasteiger partial charge in [0.1, 0.15) is 0 Å². The van der Waals surface area contributed by atoms with Crippen LogP contribution >= 0.6 is 0 Å². The lowest BCUT2D eigenvalue weighted by atomic mass is 10.1. The summed E-state index contributed by atoms with van der Waals surface area (Å²) in [6.45, 7) is 1.10. The number of rotatable bonds is 4. The number of fused-ring (bicyclic) bond motifs is 1. The molecule has 1 aromatic heterocycles. The predicted molar refractivity (Wildman–Crippen MR) is 75.2 cm³/mol. The van der Waals surface area contributed by atoms with Crippen LogP contribution in [-0.4, -0.2) is 15.6 Å². The lowest BCUT2D eigenvalue weighted by Gasteiger charge is -2.11. The first-order valence-corrected chi connectivity index (χ1v) is 7.02. The van der Waals surface area contributed by atoms with Crippen molar-refractivity contribution in [2.75, 3.05) is 0 Å². The lowest BCUT2D eigenvalue weighted by Crippen LogP contribution is -2.06. The Morgan fingerprint density at radius 1 is 1.26 bits per heavy atom. The molecule has 0 amide bonds. The maximum absolute atomic E-state index is 10.7. The van der Waals surface area contributed by atoms with E-state index < -0.39 is 5.97 Å². The molecule has 1 aliphatic carbocycles. The monoisotopic (exact) mass is 257 g/mol. The van der Waals surface area contributed by atoms with E-state index in [0.717, 1.165) is 23.4 Å². The van der Waals surface area contributed by atoms with Crippen LogP contribution in [0.3, 0.4) is 0 Å². The molecule has 2 aromatic rings. The molecule has 0 aliphatic heterocycles. The van der Waals surface area contributed by atoms with Gasteiger partial charge >= 0.3 is 5.97 Å². The van der Waals surface area contributed by atoms with E-state index in [9.17, 15) is 4.79 Å². The Morgan fingerprint density at radius 3 is 2.79 bits per heavy atom. The number of carbonyl (C=O) groups is 1.